The summed E-state index contributed by atoms with van der Waals surface area (Å²) in [6.07, 6.45) is 0. The number of carbonyl (C=O) groups is 2. The Morgan fingerprint density at radius 1 is 1.06 bits per heavy atom. The molecule has 0 aromatic heterocycles. The van der Waals surface area contributed by atoms with Crippen LogP contribution in [0.1, 0.15) is 15.9 Å². The van der Waals surface area contributed by atoms with Crippen LogP contribution in [-0.4, -0.2) is 45.2 Å². The Kier molecular flexibility index (Phi) is 8.45. The molecule has 0 aliphatic rings. The van der Waals surface area contributed by atoms with E-state index in [0.717, 1.165) is 6.07 Å². The molecule has 0 spiro atoms. The molecule has 2 rings (SSSR count). The highest BCUT2D eigenvalue weighted by molar-refractivity contribution is 7.92. The monoisotopic (exact) mass is 451 g/mol. The number of nitrogens with one attached hydrogen (secondary N) is 2. The number of ether oxygens (including phenoxy) is 1. The van der Waals surface area contributed by atoms with Crippen LogP contribution in [0.5, 0.6) is 5.75 Å². The highest BCUT2D eigenvalue weighted by Crippen LogP contribution is 2.19. The van der Waals surface area contributed by atoms with E-state index in [9.17, 15) is 26.8 Å². The normalized spacial score (nSPS) is 11.9. The van der Waals surface area contributed by atoms with Gasteiger partial charge in [0, 0.05) is 12.1 Å². The molecule has 164 valence electrons. The zero-order chi connectivity index (χ0) is 22.9. The van der Waals surface area contributed by atoms with Gasteiger partial charge in [-0.3, -0.25) is 9.59 Å². The van der Waals surface area contributed by atoms with Gasteiger partial charge in [0.25, 0.3) is 5.91 Å². The fourth-order valence-electron chi connectivity index (χ4n) is 2.64. The van der Waals surface area contributed by atoms with Crippen molar-refractivity contribution >= 4 is 21.7 Å². The molecule has 1 unspecified atom stereocenters. The first-order chi connectivity index (χ1) is 14.7. The minimum atomic E-state index is -4.21. The summed E-state index contributed by atoms with van der Waals surface area (Å²) in [4.78, 5) is 24.6. The van der Waals surface area contributed by atoms with E-state index in [1.807, 2.05) is 0 Å². The fraction of sp³-hybridized carbons (Fsp3) is 0.250. The maximum atomic E-state index is 12.9. The summed E-state index contributed by atoms with van der Waals surface area (Å²) in [6.45, 7) is -4.04. The lowest BCUT2D eigenvalue weighted by atomic mass is 10.2. The lowest BCUT2D eigenvalue weighted by Gasteiger charge is -2.18. The van der Waals surface area contributed by atoms with E-state index in [0.29, 0.717) is 0 Å². The van der Waals surface area contributed by atoms with E-state index in [-0.39, 0.29) is 16.9 Å². The largest absolute Gasteiger partial charge is 0.435 e. The molecule has 0 saturated carbocycles. The van der Waals surface area contributed by atoms with Gasteiger partial charge < -0.3 is 15.4 Å². The number of hydrogen-bond donors (Lipinski definition) is 2. The Balaban J connectivity index is 2.20. The van der Waals surface area contributed by atoms with Crippen molar-refractivity contribution in [3.05, 3.63) is 65.7 Å². The number of alkyl halides is 2. The minimum Gasteiger partial charge on any atom is -0.435 e. The number of amides is 2. The smallest absolute Gasteiger partial charge is 0.387 e. The van der Waals surface area contributed by atoms with Crippen LogP contribution < -0.4 is 15.4 Å². The van der Waals surface area contributed by atoms with Gasteiger partial charge in [-0.05, 0) is 29.8 Å². The third kappa shape index (κ3) is 7.35. The third-order valence-corrected chi connectivity index (χ3v) is 6.03. The molecule has 0 saturated heterocycles. The van der Waals surface area contributed by atoms with E-state index in [4.69, 9.17) is 5.26 Å². The van der Waals surface area contributed by atoms with Crippen molar-refractivity contribution in [2.45, 2.75) is 17.6 Å². The maximum Gasteiger partial charge on any atom is 0.387 e. The van der Waals surface area contributed by atoms with Gasteiger partial charge in [-0.25, -0.2) is 8.42 Å². The van der Waals surface area contributed by atoms with E-state index in [2.05, 4.69) is 15.4 Å². The lowest BCUT2D eigenvalue weighted by Crippen LogP contribution is -2.47. The summed E-state index contributed by atoms with van der Waals surface area (Å²) in [7, 11) is -4.21. The van der Waals surface area contributed by atoms with Crippen LogP contribution >= 0.6 is 0 Å². The number of sulfone groups is 1. The van der Waals surface area contributed by atoms with Crippen molar-refractivity contribution in [2.24, 2.45) is 0 Å². The molecular formula is C20H19F2N3O5S. The molecule has 0 aliphatic heterocycles. The molecule has 0 aliphatic carbocycles. The highest BCUT2D eigenvalue weighted by atomic mass is 32.2. The predicted molar refractivity (Wildman–Crippen MR) is 107 cm³/mol. The maximum absolute atomic E-state index is 12.9. The third-order valence-electron chi connectivity index (χ3n) is 4.04. The number of rotatable bonds is 10. The zero-order valence-electron chi connectivity index (χ0n) is 16.1. The Morgan fingerprint density at radius 2 is 1.77 bits per heavy atom. The van der Waals surface area contributed by atoms with Crippen LogP contribution in [0.4, 0.5) is 8.78 Å². The predicted octanol–water partition coefficient (Wildman–Crippen LogP) is 1.64. The Bertz CT molecular complexity index is 1060. The Labute approximate surface area is 177 Å². The summed E-state index contributed by atoms with van der Waals surface area (Å²) in [5.74, 6) is -2.44. The first-order valence-electron chi connectivity index (χ1n) is 8.96. The summed E-state index contributed by atoms with van der Waals surface area (Å²) in [5, 5.41) is 11.5. The van der Waals surface area contributed by atoms with Gasteiger partial charge >= 0.3 is 6.61 Å². The van der Waals surface area contributed by atoms with Crippen LogP contribution in [-0.2, 0) is 20.4 Å². The molecule has 0 heterocycles. The molecule has 0 bridgehead atoms. The van der Waals surface area contributed by atoms with Gasteiger partial charge in [0.05, 0.1) is 11.8 Å². The summed E-state index contributed by atoms with van der Waals surface area (Å²) in [6, 6.07) is 14.7. The van der Waals surface area contributed by atoms with Crippen molar-refractivity contribution in [1.82, 2.24) is 10.6 Å². The molecule has 2 aromatic rings. The second-order valence-electron chi connectivity index (χ2n) is 6.27. The summed E-state index contributed by atoms with van der Waals surface area (Å²) in [5.41, 5.74) is 0.388. The fourth-order valence-corrected chi connectivity index (χ4v) is 4.24. The van der Waals surface area contributed by atoms with Gasteiger partial charge in [0.15, 0.2) is 15.1 Å². The molecule has 0 fully saturated rings. The lowest BCUT2D eigenvalue weighted by molar-refractivity contribution is -0.120. The molecule has 1 atom stereocenters. The number of nitriles is 1. The first-order valence-corrected chi connectivity index (χ1v) is 10.7. The van der Waals surface area contributed by atoms with Gasteiger partial charge in [0.1, 0.15) is 12.3 Å². The molecule has 31 heavy (non-hydrogen) atoms. The van der Waals surface area contributed by atoms with Gasteiger partial charge in [-0.1, -0.05) is 30.3 Å². The van der Waals surface area contributed by atoms with E-state index in [1.54, 1.807) is 24.3 Å². The van der Waals surface area contributed by atoms with Gasteiger partial charge in [-0.2, -0.15) is 14.0 Å². The number of halogens is 2. The summed E-state index contributed by atoms with van der Waals surface area (Å²) >= 11 is 0. The van der Waals surface area contributed by atoms with Crippen molar-refractivity contribution < 1.29 is 31.5 Å². The average Bonchev–Trinajstić information content (AvgIpc) is 2.72. The first kappa shape index (κ1) is 23.8. The molecule has 2 aromatic carbocycles. The number of nitrogens with zero attached hydrogens (tertiary/aromatic N) is 1. The molecule has 2 N–H and O–H groups in total. The Morgan fingerprint density at radius 3 is 2.42 bits per heavy atom. The van der Waals surface area contributed by atoms with Crippen LogP contribution in [0.25, 0.3) is 0 Å². The molecule has 0 radical (unpaired) electrons. The van der Waals surface area contributed by atoms with Crippen LogP contribution in [0.15, 0.2) is 54.6 Å². The number of hydrogen-bond acceptors (Lipinski definition) is 6. The van der Waals surface area contributed by atoms with E-state index >= 15 is 0 Å². The minimum absolute atomic E-state index is 0.116. The molecule has 2 amide bonds. The van der Waals surface area contributed by atoms with Crippen molar-refractivity contribution in [1.29, 1.82) is 5.26 Å². The van der Waals surface area contributed by atoms with Gasteiger partial charge in [-0.15, -0.1) is 0 Å². The van der Waals surface area contributed by atoms with Crippen molar-refractivity contribution in [3.63, 3.8) is 0 Å². The second-order valence-corrected chi connectivity index (χ2v) is 8.46. The average molecular weight is 451 g/mol. The Hall–Kier alpha value is -3.52. The van der Waals surface area contributed by atoms with Gasteiger partial charge in [0.2, 0.25) is 5.91 Å². The number of benzene rings is 2. The molecular weight excluding hydrogens is 432 g/mol. The van der Waals surface area contributed by atoms with Crippen LogP contribution in [0.3, 0.4) is 0 Å². The molecule has 11 heteroatoms. The van der Waals surface area contributed by atoms with Crippen LogP contribution in [0.2, 0.25) is 0 Å². The molecule has 8 nitrogen and oxygen atoms in total. The second kappa shape index (κ2) is 11.0. The topological polar surface area (TPSA) is 125 Å². The van der Waals surface area contributed by atoms with E-state index in [1.165, 1.54) is 30.3 Å². The summed E-state index contributed by atoms with van der Waals surface area (Å²) < 4.78 is 54.9. The SMILES string of the molecule is N#CCNC(=O)C(CNC(=O)c1ccccc1)S(=O)(=O)Cc1cccc(OC(F)F)c1. The highest BCUT2D eigenvalue weighted by Gasteiger charge is 2.33. The quantitative estimate of drug-likeness (QED) is 0.529. The standard InChI is InChI=1S/C20H19F2N3O5S/c21-20(22)30-16-8-4-5-14(11-16)13-31(28,29)17(19(27)24-10-9-23)12-25-18(26)15-6-2-1-3-7-15/h1-8,11,17,20H,10,12-13H2,(H,24,27)(H,25,26). The zero-order valence-corrected chi connectivity index (χ0v) is 16.9. The van der Waals surface area contributed by atoms with Crippen molar-refractivity contribution in [3.8, 4) is 11.8 Å². The number of carbonyl (C=O) groups excluding carboxylic acids is 2. The van der Waals surface area contributed by atoms with Crippen LogP contribution in [0, 0.1) is 11.3 Å². The van der Waals surface area contributed by atoms with Crippen molar-refractivity contribution in [2.75, 3.05) is 13.1 Å². The van der Waals surface area contributed by atoms with E-state index < -0.39 is 52.4 Å².